The molecule has 17 heavy (non-hydrogen) atoms. The fourth-order valence-corrected chi connectivity index (χ4v) is 2.13. The van der Waals surface area contributed by atoms with Gasteiger partial charge in [0.1, 0.15) is 0 Å². The second-order valence-corrected chi connectivity index (χ2v) is 5.21. The maximum atomic E-state index is 12.4. The van der Waals surface area contributed by atoms with Crippen molar-refractivity contribution in [2.24, 2.45) is 0 Å². The van der Waals surface area contributed by atoms with E-state index in [0.717, 1.165) is 24.1 Å². The summed E-state index contributed by atoms with van der Waals surface area (Å²) in [7, 11) is 1.88. The zero-order valence-corrected chi connectivity index (χ0v) is 10.7. The van der Waals surface area contributed by atoms with Gasteiger partial charge < -0.3 is 10.6 Å². The quantitative estimate of drug-likeness (QED) is 0.812. The van der Waals surface area contributed by atoms with Gasteiger partial charge in [-0.1, -0.05) is 12.1 Å². The Bertz CT molecular complexity index is 418. The van der Waals surface area contributed by atoms with Crippen molar-refractivity contribution in [1.82, 2.24) is 4.90 Å². The van der Waals surface area contributed by atoms with Crippen molar-refractivity contribution in [2.45, 2.75) is 38.1 Å². The zero-order chi connectivity index (χ0) is 12.6. The summed E-state index contributed by atoms with van der Waals surface area (Å²) in [6.45, 7) is 4.08. The molecule has 0 spiro atoms. The van der Waals surface area contributed by atoms with Crippen LogP contribution in [0.5, 0.6) is 0 Å². The summed E-state index contributed by atoms with van der Waals surface area (Å²) < 4.78 is 0. The lowest BCUT2D eigenvalue weighted by Crippen LogP contribution is -2.40. The van der Waals surface area contributed by atoms with Crippen LogP contribution in [0, 0.1) is 0 Å². The number of carbonyl (C=O) groups is 1. The topological polar surface area (TPSA) is 46.3 Å². The first-order valence-electron chi connectivity index (χ1n) is 6.10. The first-order chi connectivity index (χ1) is 7.97. The molecule has 1 saturated carbocycles. The van der Waals surface area contributed by atoms with Crippen molar-refractivity contribution < 1.29 is 4.79 Å². The van der Waals surface area contributed by atoms with Gasteiger partial charge in [0.15, 0.2) is 0 Å². The maximum Gasteiger partial charge on any atom is 0.233 e. The van der Waals surface area contributed by atoms with Crippen LogP contribution in [-0.2, 0) is 10.2 Å². The first kappa shape index (κ1) is 12.0. The molecule has 0 aliphatic heterocycles. The van der Waals surface area contributed by atoms with Gasteiger partial charge in [-0.2, -0.15) is 0 Å². The Morgan fingerprint density at radius 3 is 2.24 bits per heavy atom. The van der Waals surface area contributed by atoms with Gasteiger partial charge in [-0.15, -0.1) is 0 Å². The van der Waals surface area contributed by atoms with E-state index in [2.05, 4.69) is 0 Å². The van der Waals surface area contributed by atoms with Gasteiger partial charge in [-0.3, -0.25) is 4.79 Å². The lowest BCUT2D eigenvalue weighted by Gasteiger charge is -2.27. The van der Waals surface area contributed by atoms with Crippen LogP contribution >= 0.6 is 0 Å². The SMILES string of the molecule is CC(C)N(C)C(=O)C1(c2ccc(N)cc2)CC1. The van der Waals surface area contributed by atoms with Gasteiger partial charge in [0.05, 0.1) is 5.41 Å². The molecule has 1 aromatic rings. The number of nitrogen functional groups attached to an aromatic ring is 1. The third-order valence-electron chi connectivity index (χ3n) is 3.72. The minimum Gasteiger partial charge on any atom is -0.399 e. The minimum absolute atomic E-state index is 0.234. The fourth-order valence-electron chi connectivity index (χ4n) is 2.13. The minimum atomic E-state index is -0.271. The highest BCUT2D eigenvalue weighted by molar-refractivity contribution is 5.91. The molecule has 92 valence electrons. The molecule has 3 heteroatoms. The van der Waals surface area contributed by atoms with Crippen LogP contribution in [0.25, 0.3) is 0 Å². The molecule has 2 N–H and O–H groups in total. The van der Waals surface area contributed by atoms with Crippen LogP contribution in [0.1, 0.15) is 32.3 Å². The normalized spacial score (nSPS) is 16.9. The average molecular weight is 232 g/mol. The number of nitrogens with zero attached hydrogens (tertiary/aromatic N) is 1. The Kier molecular flexibility index (Phi) is 2.86. The van der Waals surface area contributed by atoms with Crippen LogP contribution in [0.4, 0.5) is 5.69 Å². The number of carbonyl (C=O) groups excluding carboxylic acids is 1. The van der Waals surface area contributed by atoms with Gasteiger partial charge in [0.25, 0.3) is 0 Å². The molecular weight excluding hydrogens is 212 g/mol. The second kappa shape index (κ2) is 4.06. The summed E-state index contributed by atoms with van der Waals surface area (Å²) in [5.74, 6) is 0.234. The molecule has 1 fully saturated rings. The van der Waals surface area contributed by atoms with Gasteiger partial charge in [0, 0.05) is 18.8 Å². The van der Waals surface area contributed by atoms with Crippen molar-refractivity contribution in [3.8, 4) is 0 Å². The van der Waals surface area contributed by atoms with Gasteiger partial charge in [-0.05, 0) is 44.4 Å². The Morgan fingerprint density at radius 1 is 1.29 bits per heavy atom. The lowest BCUT2D eigenvalue weighted by molar-refractivity contribution is -0.134. The van der Waals surface area contributed by atoms with Gasteiger partial charge in [-0.25, -0.2) is 0 Å². The number of hydrogen-bond acceptors (Lipinski definition) is 2. The first-order valence-corrected chi connectivity index (χ1v) is 6.10. The molecule has 2 rings (SSSR count). The Labute approximate surface area is 103 Å². The van der Waals surface area contributed by atoms with E-state index in [1.54, 1.807) is 0 Å². The van der Waals surface area contributed by atoms with E-state index in [-0.39, 0.29) is 17.4 Å². The van der Waals surface area contributed by atoms with Gasteiger partial charge in [0.2, 0.25) is 5.91 Å². The number of rotatable bonds is 3. The molecule has 0 heterocycles. The van der Waals surface area contributed by atoms with E-state index < -0.39 is 0 Å². The fraction of sp³-hybridized carbons (Fsp3) is 0.500. The Morgan fingerprint density at radius 2 is 1.82 bits per heavy atom. The van der Waals surface area contributed by atoms with Crippen LogP contribution in [0.15, 0.2) is 24.3 Å². The number of amides is 1. The summed E-state index contributed by atoms with van der Waals surface area (Å²) in [6.07, 6.45) is 1.90. The van der Waals surface area contributed by atoms with E-state index in [1.165, 1.54) is 0 Å². The third kappa shape index (κ3) is 2.02. The highest BCUT2D eigenvalue weighted by Crippen LogP contribution is 2.49. The molecule has 0 unspecified atom stereocenters. The molecule has 1 aromatic carbocycles. The summed E-state index contributed by atoms with van der Waals surface area (Å²) in [4.78, 5) is 14.3. The van der Waals surface area contributed by atoms with E-state index in [4.69, 9.17) is 5.73 Å². The van der Waals surface area contributed by atoms with Crippen molar-refractivity contribution >= 4 is 11.6 Å². The van der Waals surface area contributed by atoms with Crippen molar-refractivity contribution in [2.75, 3.05) is 12.8 Å². The van der Waals surface area contributed by atoms with Crippen LogP contribution in [0.3, 0.4) is 0 Å². The highest BCUT2D eigenvalue weighted by Gasteiger charge is 2.52. The number of nitrogens with two attached hydrogens (primary N) is 1. The number of benzene rings is 1. The smallest absolute Gasteiger partial charge is 0.233 e. The monoisotopic (exact) mass is 232 g/mol. The summed E-state index contributed by atoms with van der Waals surface area (Å²) >= 11 is 0. The summed E-state index contributed by atoms with van der Waals surface area (Å²) in [5.41, 5.74) is 7.25. The molecule has 1 aliphatic carbocycles. The molecule has 0 saturated heterocycles. The van der Waals surface area contributed by atoms with Crippen LogP contribution in [-0.4, -0.2) is 23.9 Å². The molecular formula is C14H20N2O. The molecule has 0 bridgehead atoms. The van der Waals surface area contributed by atoms with Crippen LogP contribution in [0.2, 0.25) is 0 Å². The lowest BCUT2D eigenvalue weighted by atomic mass is 9.94. The van der Waals surface area contributed by atoms with Crippen LogP contribution < -0.4 is 5.73 Å². The maximum absolute atomic E-state index is 12.4. The molecule has 1 amide bonds. The molecule has 0 aromatic heterocycles. The molecule has 3 nitrogen and oxygen atoms in total. The molecule has 0 radical (unpaired) electrons. The second-order valence-electron chi connectivity index (χ2n) is 5.21. The van der Waals surface area contributed by atoms with Crippen molar-refractivity contribution in [1.29, 1.82) is 0 Å². The highest BCUT2D eigenvalue weighted by atomic mass is 16.2. The van der Waals surface area contributed by atoms with Crippen molar-refractivity contribution in [3.05, 3.63) is 29.8 Å². The summed E-state index contributed by atoms with van der Waals surface area (Å²) in [6, 6.07) is 7.95. The Hall–Kier alpha value is -1.51. The van der Waals surface area contributed by atoms with E-state index >= 15 is 0 Å². The standard InChI is InChI=1S/C14H20N2O/c1-10(2)16(3)13(17)14(8-9-14)11-4-6-12(15)7-5-11/h4-7,10H,8-9,15H2,1-3H3. The number of anilines is 1. The number of hydrogen-bond donors (Lipinski definition) is 1. The molecule has 1 aliphatic rings. The van der Waals surface area contributed by atoms with Gasteiger partial charge >= 0.3 is 0 Å². The Balaban J connectivity index is 2.25. The van der Waals surface area contributed by atoms with E-state index in [1.807, 2.05) is 50.1 Å². The summed E-state index contributed by atoms with van der Waals surface area (Å²) in [5, 5.41) is 0. The predicted molar refractivity (Wildman–Crippen MR) is 69.7 cm³/mol. The zero-order valence-electron chi connectivity index (χ0n) is 10.7. The largest absolute Gasteiger partial charge is 0.399 e. The third-order valence-corrected chi connectivity index (χ3v) is 3.72. The average Bonchev–Trinajstić information content (AvgIpc) is 3.09. The van der Waals surface area contributed by atoms with E-state index in [9.17, 15) is 4.79 Å². The predicted octanol–water partition coefficient (Wildman–Crippen LogP) is 2.17. The number of likely N-dealkylation sites (N-methyl/N-ethyl adjacent to an activating group) is 1. The molecule has 0 atom stereocenters. The van der Waals surface area contributed by atoms with E-state index in [0.29, 0.717) is 0 Å². The van der Waals surface area contributed by atoms with Crippen molar-refractivity contribution in [3.63, 3.8) is 0 Å².